The van der Waals surface area contributed by atoms with Gasteiger partial charge in [0.25, 0.3) is 0 Å². The van der Waals surface area contributed by atoms with Gasteiger partial charge in [-0.1, -0.05) is 70.9 Å². The summed E-state index contributed by atoms with van der Waals surface area (Å²) >= 11 is 9.71. The fourth-order valence-corrected chi connectivity index (χ4v) is 4.08. The Kier molecular flexibility index (Phi) is 6.04. The van der Waals surface area contributed by atoms with Gasteiger partial charge in [0.05, 0.1) is 0 Å². The van der Waals surface area contributed by atoms with Crippen LogP contribution in [0.4, 0.5) is 0 Å². The van der Waals surface area contributed by atoms with Crippen molar-refractivity contribution in [2.24, 2.45) is 4.99 Å². The second-order valence-electron chi connectivity index (χ2n) is 7.21. The van der Waals surface area contributed by atoms with Gasteiger partial charge in [0, 0.05) is 33.2 Å². The monoisotopic (exact) mass is 468 g/mol. The number of aliphatic imine (C=N–C) groups is 1. The predicted molar refractivity (Wildman–Crippen MR) is 123 cm³/mol. The molecule has 0 radical (unpaired) electrons. The minimum atomic E-state index is -0.207. The van der Waals surface area contributed by atoms with Crippen molar-refractivity contribution in [3.8, 4) is 5.75 Å². The molecule has 1 aliphatic heterocycles. The third-order valence-corrected chi connectivity index (χ3v) is 6.05. The van der Waals surface area contributed by atoms with E-state index in [0.29, 0.717) is 11.4 Å². The van der Waals surface area contributed by atoms with Crippen LogP contribution < -0.4 is 5.32 Å². The zero-order chi connectivity index (χ0) is 20.4. The minimum Gasteiger partial charge on any atom is -0.508 e. The van der Waals surface area contributed by atoms with Crippen molar-refractivity contribution in [1.82, 2.24) is 5.32 Å². The molecule has 0 fully saturated rings. The molecule has 0 spiro atoms. The Hall–Kier alpha value is -2.14. The van der Waals surface area contributed by atoms with Crippen LogP contribution in [0.15, 0.2) is 76.2 Å². The number of benzene rings is 3. The third kappa shape index (κ3) is 4.55. The van der Waals surface area contributed by atoms with Crippen LogP contribution in [-0.4, -0.2) is 10.8 Å². The van der Waals surface area contributed by atoms with Crippen LogP contribution in [0.3, 0.4) is 0 Å². The summed E-state index contributed by atoms with van der Waals surface area (Å²) in [5.41, 5.74) is 5.29. The van der Waals surface area contributed by atoms with E-state index in [-0.39, 0.29) is 18.0 Å². The molecule has 148 valence electrons. The summed E-state index contributed by atoms with van der Waals surface area (Å²) in [4.78, 5) is 5.01. The molecular formula is C24H22BrClN2O. The van der Waals surface area contributed by atoms with Gasteiger partial charge in [0.15, 0.2) is 0 Å². The van der Waals surface area contributed by atoms with Crippen molar-refractivity contribution in [2.75, 3.05) is 0 Å². The summed E-state index contributed by atoms with van der Waals surface area (Å²) < 4.78 is 1.03. The van der Waals surface area contributed by atoms with Crippen LogP contribution in [0.1, 0.15) is 47.8 Å². The molecule has 3 aromatic rings. The minimum absolute atomic E-state index is 0.0966. The van der Waals surface area contributed by atoms with Crippen molar-refractivity contribution in [2.45, 2.75) is 32.0 Å². The Labute approximate surface area is 184 Å². The number of hydrogen-bond acceptors (Lipinski definition) is 3. The maximum atomic E-state index is 10.5. The number of phenolic OH excluding ortho intramolecular Hbond substituents is 1. The number of hydrogen-bond donors (Lipinski definition) is 2. The molecule has 29 heavy (non-hydrogen) atoms. The number of phenols is 1. The van der Waals surface area contributed by atoms with Gasteiger partial charge in [-0.25, -0.2) is 0 Å². The lowest BCUT2D eigenvalue weighted by atomic mass is 9.93. The van der Waals surface area contributed by atoms with Gasteiger partial charge in [0.1, 0.15) is 11.9 Å². The molecular weight excluding hydrogens is 448 g/mol. The van der Waals surface area contributed by atoms with Crippen molar-refractivity contribution in [3.05, 3.63) is 98.5 Å². The number of halogens is 2. The van der Waals surface area contributed by atoms with Gasteiger partial charge in [-0.05, 0) is 53.4 Å². The zero-order valence-electron chi connectivity index (χ0n) is 16.1. The first-order chi connectivity index (χ1) is 14.0. The lowest BCUT2D eigenvalue weighted by molar-refractivity contribution is 0.412. The van der Waals surface area contributed by atoms with Crippen molar-refractivity contribution >= 4 is 33.2 Å². The Morgan fingerprint density at radius 2 is 1.79 bits per heavy atom. The molecule has 3 nitrogen and oxygen atoms in total. The number of aromatic hydroxyl groups is 1. The van der Waals surface area contributed by atoms with Gasteiger partial charge in [-0.15, -0.1) is 0 Å². The Bertz CT molecular complexity index is 1030. The van der Waals surface area contributed by atoms with Crippen molar-refractivity contribution in [1.29, 1.82) is 0 Å². The highest BCUT2D eigenvalue weighted by atomic mass is 79.9. The number of aryl methyl sites for hydroxylation is 1. The van der Waals surface area contributed by atoms with Crippen molar-refractivity contribution < 1.29 is 5.11 Å². The first-order valence-corrected chi connectivity index (χ1v) is 10.9. The maximum absolute atomic E-state index is 10.5. The van der Waals surface area contributed by atoms with Crippen molar-refractivity contribution in [3.63, 3.8) is 0 Å². The Morgan fingerprint density at radius 3 is 2.48 bits per heavy atom. The van der Waals surface area contributed by atoms with E-state index in [1.807, 2.05) is 18.2 Å². The number of rotatable bonds is 4. The first-order valence-electron chi connectivity index (χ1n) is 9.69. The molecule has 1 aliphatic rings. The molecule has 2 atom stereocenters. The lowest BCUT2D eigenvalue weighted by Crippen LogP contribution is -2.33. The van der Waals surface area contributed by atoms with E-state index in [1.165, 1.54) is 5.56 Å². The molecule has 2 N–H and O–H groups in total. The Balaban J connectivity index is 1.75. The van der Waals surface area contributed by atoms with Gasteiger partial charge >= 0.3 is 0 Å². The van der Waals surface area contributed by atoms with Crippen LogP contribution >= 0.6 is 27.5 Å². The molecule has 0 bridgehead atoms. The van der Waals surface area contributed by atoms with E-state index in [2.05, 4.69) is 64.6 Å². The summed E-state index contributed by atoms with van der Waals surface area (Å²) in [6.07, 6.45) is 1.47. The number of nitrogens with one attached hydrogen (secondary N) is 1. The summed E-state index contributed by atoms with van der Waals surface area (Å²) in [5, 5.41) is 14.6. The average Bonchev–Trinajstić information content (AvgIpc) is 2.75. The van der Waals surface area contributed by atoms with E-state index in [0.717, 1.165) is 33.3 Å². The molecule has 3 aromatic carbocycles. The van der Waals surface area contributed by atoms with Crippen LogP contribution in [0.2, 0.25) is 5.02 Å². The topological polar surface area (TPSA) is 44.6 Å². The molecule has 4 rings (SSSR count). The van der Waals surface area contributed by atoms with Crippen LogP contribution in [-0.2, 0) is 6.42 Å². The van der Waals surface area contributed by atoms with Gasteiger partial charge in [-0.2, -0.15) is 0 Å². The van der Waals surface area contributed by atoms with Crippen LogP contribution in [0.5, 0.6) is 5.75 Å². The molecule has 1 heterocycles. The highest BCUT2D eigenvalue weighted by molar-refractivity contribution is 9.10. The average molecular weight is 470 g/mol. The molecule has 5 heteroatoms. The Morgan fingerprint density at radius 1 is 1.07 bits per heavy atom. The SMILES string of the molecule is CCc1ccc(C2=NC(c3ccc(Br)cc3)NC(c3cc(Cl)ccc3O)C2)cc1. The van der Waals surface area contributed by atoms with E-state index in [4.69, 9.17) is 16.6 Å². The van der Waals surface area contributed by atoms with Crippen LogP contribution in [0, 0.1) is 0 Å². The zero-order valence-corrected chi connectivity index (χ0v) is 18.4. The third-order valence-electron chi connectivity index (χ3n) is 5.29. The number of nitrogens with zero attached hydrogens (tertiary/aromatic N) is 1. The predicted octanol–water partition coefficient (Wildman–Crippen LogP) is 6.59. The molecule has 0 aliphatic carbocycles. The van der Waals surface area contributed by atoms with E-state index in [9.17, 15) is 5.11 Å². The molecule has 0 amide bonds. The van der Waals surface area contributed by atoms with E-state index < -0.39 is 0 Å². The van der Waals surface area contributed by atoms with Crippen LogP contribution in [0.25, 0.3) is 0 Å². The second kappa shape index (κ2) is 8.70. The highest BCUT2D eigenvalue weighted by Crippen LogP contribution is 2.36. The molecule has 0 saturated heterocycles. The summed E-state index contributed by atoms with van der Waals surface area (Å²) in [7, 11) is 0. The second-order valence-corrected chi connectivity index (χ2v) is 8.56. The van der Waals surface area contributed by atoms with Gasteiger partial charge in [0.2, 0.25) is 0 Å². The fraction of sp³-hybridized carbons (Fsp3) is 0.208. The normalized spacial score (nSPS) is 19.1. The smallest absolute Gasteiger partial charge is 0.126 e. The largest absolute Gasteiger partial charge is 0.508 e. The standard InChI is InChI=1S/C24H22BrClN2O/c1-2-15-3-5-16(6-4-15)21-14-22(20-13-19(26)11-12-23(20)29)28-24(27-21)17-7-9-18(25)10-8-17/h3-13,22,24,28-29H,2,14H2,1H3. The fourth-order valence-electron chi connectivity index (χ4n) is 3.63. The molecule has 2 unspecified atom stereocenters. The summed E-state index contributed by atoms with van der Waals surface area (Å²) in [5.74, 6) is 0.240. The highest BCUT2D eigenvalue weighted by Gasteiger charge is 2.27. The maximum Gasteiger partial charge on any atom is 0.126 e. The molecule has 0 aromatic heterocycles. The van der Waals surface area contributed by atoms with E-state index >= 15 is 0 Å². The van der Waals surface area contributed by atoms with E-state index in [1.54, 1.807) is 12.1 Å². The molecule has 0 saturated carbocycles. The summed E-state index contributed by atoms with van der Waals surface area (Å²) in [6, 6.07) is 21.8. The quantitative estimate of drug-likeness (QED) is 0.452. The first kappa shape index (κ1) is 20.1. The lowest BCUT2D eigenvalue weighted by Gasteiger charge is -2.31. The van der Waals surface area contributed by atoms with Gasteiger partial charge < -0.3 is 5.11 Å². The van der Waals surface area contributed by atoms with Gasteiger partial charge in [-0.3, -0.25) is 10.3 Å². The summed E-state index contributed by atoms with van der Waals surface area (Å²) in [6.45, 7) is 2.15.